The molecule has 2 aromatic rings. The molecule has 1 aliphatic rings. The first-order valence-corrected chi connectivity index (χ1v) is 8.57. The highest BCUT2D eigenvalue weighted by Crippen LogP contribution is 2.32. The summed E-state index contributed by atoms with van der Waals surface area (Å²) in [5.41, 5.74) is 1.29. The predicted octanol–water partition coefficient (Wildman–Crippen LogP) is 4.02. The molecule has 4 heteroatoms. The molecule has 0 saturated carbocycles. The van der Waals surface area contributed by atoms with Gasteiger partial charge in [0.2, 0.25) is 0 Å². The summed E-state index contributed by atoms with van der Waals surface area (Å²) in [5, 5.41) is 4.67. The number of thiazole rings is 1. The van der Waals surface area contributed by atoms with Gasteiger partial charge in [0, 0.05) is 12.5 Å². The second-order valence-corrected chi connectivity index (χ2v) is 8.17. The number of rotatable bonds is 4. The summed E-state index contributed by atoms with van der Waals surface area (Å²) in [7, 11) is 0. The highest BCUT2D eigenvalue weighted by Gasteiger charge is 2.18. The average Bonchev–Trinajstić information content (AvgIpc) is 3.02. The molecular formula is C17H24N2OS. The molecule has 1 aromatic heterocycles. The molecule has 1 fully saturated rings. The van der Waals surface area contributed by atoms with E-state index in [2.05, 4.69) is 38.2 Å². The third kappa shape index (κ3) is 3.74. The van der Waals surface area contributed by atoms with Crippen molar-refractivity contribution in [2.75, 3.05) is 13.2 Å². The number of aromatic nitrogens is 1. The SMILES string of the molecule is CC(C)(C)Cc1nc2c(OCC3CCCN3)cccc2s1. The molecule has 1 unspecified atom stereocenters. The fraction of sp³-hybridized carbons (Fsp3) is 0.588. The highest BCUT2D eigenvalue weighted by molar-refractivity contribution is 7.18. The molecule has 3 nitrogen and oxygen atoms in total. The first-order chi connectivity index (χ1) is 10.0. The van der Waals surface area contributed by atoms with E-state index in [1.807, 2.05) is 6.07 Å². The molecule has 0 radical (unpaired) electrons. The normalized spacial score (nSPS) is 19.3. The lowest BCUT2D eigenvalue weighted by Crippen LogP contribution is -2.28. The van der Waals surface area contributed by atoms with Crippen LogP contribution < -0.4 is 10.1 Å². The van der Waals surface area contributed by atoms with Crippen LogP contribution >= 0.6 is 11.3 Å². The van der Waals surface area contributed by atoms with Crippen LogP contribution in [0.3, 0.4) is 0 Å². The molecule has 1 atom stereocenters. The third-order valence-corrected chi connectivity index (χ3v) is 4.73. The minimum atomic E-state index is 0.267. The third-order valence-electron chi connectivity index (χ3n) is 3.71. The maximum atomic E-state index is 6.03. The number of hydrogen-bond donors (Lipinski definition) is 1. The molecule has 0 amide bonds. The van der Waals surface area contributed by atoms with E-state index < -0.39 is 0 Å². The number of para-hydroxylation sites is 1. The van der Waals surface area contributed by atoms with Gasteiger partial charge in [-0.3, -0.25) is 0 Å². The Balaban J connectivity index is 1.78. The molecular weight excluding hydrogens is 280 g/mol. The number of hydrogen-bond acceptors (Lipinski definition) is 4. The van der Waals surface area contributed by atoms with Crippen LogP contribution in [0.25, 0.3) is 10.2 Å². The van der Waals surface area contributed by atoms with E-state index in [4.69, 9.17) is 9.72 Å². The van der Waals surface area contributed by atoms with Crippen LogP contribution in [0.2, 0.25) is 0 Å². The van der Waals surface area contributed by atoms with Gasteiger partial charge in [0.15, 0.2) is 0 Å². The lowest BCUT2D eigenvalue weighted by molar-refractivity contribution is 0.280. The predicted molar refractivity (Wildman–Crippen MR) is 89.3 cm³/mol. The molecule has 21 heavy (non-hydrogen) atoms. The van der Waals surface area contributed by atoms with E-state index in [1.54, 1.807) is 11.3 Å². The zero-order valence-electron chi connectivity index (χ0n) is 13.1. The molecule has 1 aromatic carbocycles. The van der Waals surface area contributed by atoms with E-state index in [-0.39, 0.29) is 5.41 Å². The van der Waals surface area contributed by atoms with Crippen molar-refractivity contribution in [1.82, 2.24) is 10.3 Å². The van der Waals surface area contributed by atoms with E-state index >= 15 is 0 Å². The van der Waals surface area contributed by atoms with E-state index in [0.717, 1.165) is 30.8 Å². The summed E-state index contributed by atoms with van der Waals surface area (Å²) in [6.07, 6.45) is 3.48. The van der Waals surface area contributed by atoms with Crippen LogP contribution in [0.15, 0.2) is 18.2 Å². The van der Waals surface area contributed by atoms with Crippen molar-refractivity contribution in [2.45, 2.75) is 46.1 Å². The Morgan fingerprint density at radius 2 is 2.24 bits per heavy atom. The largest absolute Gasteiger partial charge is 0.490 e. The fourth-order valence-electron chi connectivity index (χ4n) is 2.70. The number of nitrogens with one attached hydrogen (secondary N) is 1. The topological polar surface area (TPSA) is 34.1 Å². The fourth-order valence-corrected chi connectivity index (χ4v) is 3.99. The molecule has 0 spiro atoms. The average molecular weight is 304 g/mol. The molecule has 1 N–H and O–H groups in total. The van der Waals surface area contributed by atoms with Gasteiger partial charge in [-0.15, -0.1) is 11.3 Å². The van der Waals surface area contributed by atoms with Crippen LogP contribution in [0.1, 0.15) is 38.6 Å². The summed E-state index contributed by atoms with van der Waals surface area (Å²) < 4.78 is 7.26. The second-order valence-electron chi connectivity index (χ2n) is 7.05. The minimum Gasteiger partial charge on any atom is -0.490 e. The van der Waals surface area contributed by atoms with Gasteiger partial charge in [0.05, 0.1) is 9.71 Å². The summed E-state index contributed by atoms with van der Waals surface area (Å²) in [4.78, 5) is 4.82. The van der Waals surface area contributed by atoms with Crippen molar-refractivity contribution in [3.8, 4) is 5.75 Å². The highest BCUT2D eigenvalue weighted by atomic mass is 32.1. The summed E-state index contributed by atoms with van der Waals surface area (Å²) >= 11 is 1.79. The molecule has 0 aliphatic carbocycles. The number of fused-ring (bicyclic) bond motifs is 1. The Morgan fingerprint density at radius 1 is 1.38 bits per heavy atom. The van der Waals surface area contributed by atoms with Crippen molar-refractivity contribution in [1.29, 1.82) is 0 Å². The lowest BCUT2D eigenvalue weighted by atomic mass is 9.93. The molecule has 3 rings (SSSR count). The van der Waals surface area contributed by atoms with Gasteiger partial charge in [-0.25, -0.2) is 4.98 Å². The van der Waals surface area contributed by atoms with Crippen molar-refractivity contribution in [2.24, 2.45) is 5.41 Å². The van der Waals surface area contributed by atoms with Gasteiger partial charge < -0.3 is 10.1 Å². The Bertz CT molecular complexity index is 609. The van der Waals surface area contributed by atoms with Crippen molar-refractivity contribution >= 4 is 21.6 Å². The van der Waals surface area contributed by atoms with Crippen LogP contribution in [-0.2, 0) is 6.42 Å². The van der Waals surface area contributed by atoms with Gasteiger partial charge in [0.1, 0.15) is 17.9 Å². The van der Waals surface area contributed by atoms with Crippen LogP contribution in [0.4, 0.5) is 0 Å². The standard InChI is InChI=1S/C17H24N2OS/c1-17(2,3)10-15-19-16-13(7-4-8-14(16)21-15)20-11-12-6-5-9-18-12/h4,7-8,12,18H,5-6,9-11H2,1-3H3. The summed E-state index contributed by atoms with van der Waals surface area (Å²) in [6.45, 7) is 8.61. The zero-order valence-corrected chi connectivity index (χ0v) is 13.9. The monoisotopic (exact) mass is 304 g/mol. The first kappa shape index (κ1) is 14.8. The zero-order chi connectivity index (χ0) is 14.9. The lowest BCUT2D eigenvalue weighted by Gasteiger charge is -2.15. The second kappa shape index (κ2) is 5.93. The Labute approximate surface area is 130 Å². The number of benzene rings is 1. The van der Waals surface area contributed by atoms with Crippen molar-refractivity contribution in [3.63, 3.8) is 0 Å². The van der Waals surface area contributed by atoms with Gasteiger partial charge in [-0.2, -0.15) is 0 Å². The molecule has 1 saturated heterocycles. The van der Waals surface area contributed by atoms with E-state index in [9.17, 15) is 0 Å². The van der Waals surface area contributed by atoms with Gasteiger partial charge in [-0.1, -0.05) is 26.8 Å². The maximum Gasteiger partial charge on any atom is 0.146 e. The van der Waals surface area contributed by atoms with E-state index in [1.165, 1.54) is 22.5 Å². The van der Waals surface area contributed by atoms with Crippen LogP contribution in [-0.4, -0.2) is 24.2 Å². The van der Waals surface area contributed by atoms with Crippen LogP contribution in [0.5, 0.6) is 5.75 Å². The van der Waals surface area contributed by atoms with Gasteiger partial charge in [-0.05, 0) is 36.9 Å². The Morgan fingerprint density at radius 3 is 2.95 bits per heavy atom. The summed E-state index contributed by atoms with van der Waals surface area (Å²) in [5.74, 6) is 0.928. The Hall–Kier alpha value is -1.13. The maximum absolute atomic E-state index is 6.03. The quantitative estimate of drug-likeness (QED) is 0.926. The van der Waals surface area contributed by atoms with Gasteiger partial charge in [0.25, 0.3) is 0 Å². The smallest absolute Gasteiger partial charge is 0.146 e. The molecule has 1 aliphatic heterocycles. The van der Waals surface area contributed by atoms with E-state index in [0.29, 0.717) is 6.04 Å². The molecule has 0 bridgehead atoms. The molecule has 114 valence electrons. The Kier molecular flexibility index (Phi) is 4.18. The van der Waals surface area contributed by atoms with Crippen molar-refractivity contribution < 1.29 is 4.74 Å². The summed E-state index contributed by atoms with van der Waals surface area (Å²) in [6, 6.07) is 6.74. The number of ether oxygens (including phenoxy) is 1. The molecule has 2 heterocycles. The van der Waals surface area contributed by atoms with Gasteiger partial charge >= 0.3 is 0 Å². The number of nitrogens with zero attached hydrogens (tertiary/aromatic N) is 1. The van der Waals surface area contributed by atoms with Crippen molar-refractivity contribution in [3.05, 3.63) is 23.2 Å². The first-order valence-electron chi connectivity index (χ1n) is 7.76. The minimum absolute atomic E-state index is 0.267. The van der Waals surface area contributed by atoms with Crippen LogP contribution in [0, 0.1) is 5.41 Å².